The molecule has 5 nitrogen and oxygen atoms in total. The van der Waals surface area contributed by atoms with E-state index in [-0.39, 0.29) is 16.1 Å². The van der Waals surface area contributed by atoms with Gasteiger partial charge in [-0.25, -0.2) is 8.42 Å². The summed E-state index contributed by atoms with van der Waals surface area (Å²) in [5.41, 5.74) is 6.43. The molecular weight excluding hydrogens is 356 g/mol. The van der Waals surface area contributed by atoms with Crippen LogP contribution in [0.25, 0.3) is 0 Å². The number of carbonyl (C=O) groups is 1. The van der Waals surface area contributed by atoms with Gasteiger partial charge in [0.2, 0.25) is 0 Å². The first-order valence-electron chi connectivity index (χ1n) is 5.99. The molecule has 1 amide bonds. The number of halogens is 1. The highest BCUT2D eigenvalue weighted by Gasteiger charge is 2.20. The maximum Gasteiger partial charge on any atom is 0.263 e. The van der Waals surface area contributed by atoms with Crippen LogP contribution in [-0.2, 0) is 10.0 Å². The maximum absolute atomic E-state index is 12.4. The highest BCUT2D eigenvalue weighted by molar-refractivity contribution is 9.10. The van der Waals surface area contributed by atoms with E-state index in [4.69, 9.17) is 5.73 Å². The minimum absolute atomic E-state index is 0.0902. The molecular formula is C14H13BrN2O3S. The third-order valence-electron chi connectivity index (χ3n) is 2.81. The molecule has 0 saturated heterocycles. The Bertz CT molecular complexity index is 804. The fraction of sp³-hybridized carbons (Fsp3) is 0.0714. The van der Waals surface area contributed by atoms with Crippen LogP contribution < -0.4 is 10.5 Å². The first-order valence-corrected chi connectivity index (χ1v) is 8.26. The molecule has 0 heterocycles. The van der Waals surface area contributed by atoms with Gasteiger partial charge < -0.3 is 5.73 Å². The van der Waals surface area contributed by atoms with Gasteiger partial charge in [0.25, 0.3) is 15.9 Å². The van der Waals surface area contributed by atoms with Crippen molar-refractivity contribution in [2.24, 2.45) is 5.73 Å². The number of amides is 1. The Hall–Kier alpha value is -1.86. The first-order chi connectivity index (χ1) is 9.81. The smallest absolute Gasteiger partial charge is 0.263 e. The van der Waals surface area contributed by atoms with Crippen molar-refractivity contribution in [2.75, 3.05) is 4.72 Å². The molecule has 0 aliphatic rings. The molecule has 0 unspecified atom stereocenters. The number of nitrogens with two attached hydrogens (primary N) is 1. The van der Waals surface area contributed by atoms with Crippen molar-refractivity contribution in [1.82, 2.24) is 0 Å². The number of benzene rings is 2. The molecule has 0 spiro atoms. The molecule has 7 heteroatoms. The Morgan fingerprint density at radius 1 is 1.19 bits per heavy atom. The van der Waals surface area contributed by atoms with Crippen LogP contribution in [0.15, 0.2) is 51.8 Å². The standard InChI is InChI=1S/C14H13BrN2O3S/c1-9-6-7-13(11(15)8-9)21(19,20)17-12-5-3-2-4-10(12)14(16)18/h2-8,17H,1H3,(H2,16,18). The largest absolute Gasteiger partial charge is 0.366 e. The number of primary amides is 1. The number of rotatable bonds is 4. The van der Waals surface area contributed by atoms with E-state index in [1.807, 2.05) is 6.92 Å². The molecule has 0 aromatic heterocycles. The molecule has 110 valence electrons. The van der Waals surface area contributed by atoms with E-state index in [2.05, 4.69) is 20.7 Å². The summed E-state index contributed by atoms with van der Waals surface area (Å²) in [5, 5.41) is 0. The van der Waals surface area contributed by atoms with Crippen LogP contribution >= 0.6 is 15.9 Å². The molecule has 0 aliphatic carbocycles. The van der Waals surface area contributed by atoms with E-state index >= 15 is 0 Å². The van der Waals surface area contributed by atoms with Crippen LogP contribution in [0, 0.1) is 6.92 Å². The first kappa shape index (κ1) is 15.5. The summed E-state index contributed by atoms with van der Waals surface area (Å²) in [6, 6.07) is 11.1. The van der Waals surface area contributed by atoms with Gasteiger partial charge in [0.15, 0.2) is 0 Å². The lowest BCUT2D eigenvalue weighted by atomic mass is 10.2. The maximum atomic E-state index is 12.4. The van der Waals surface area contributed by atoms with Gasteiger partial charge in [-0.1, -0.05) is 18.2 Å². The molecule has 3 N–H and O–H groups in total. The van der Waals surface area contributed by atoms with E-state index in [1.165, 1.54) is 18.2 Å². The van der Waals surface area contributed by atoms with Crippen molar-refractivity contribution in [1.29, 1.82) is 0 Å². The van der Waals surface area contributed by atoms with Gasteiger partial charge in [-0.05, 0) is 52.7 Å². The zero-order valence-electron chi connectivity index (χ0n) is 11.1. The molecule has 21 heavy (non-hydrogen) atoms. The van der Waals surface area contributed by atoms with Gasteiger partial charge in [0, 0.05) is 4.47 Å². The number of hydrogen-bond acceptors (Lipinski definition) is 3. The van der Waals surface area contributed by atoms with Crippen LogP contribution in [0.3, 0.4) is 0 Å². The molecule has 0 atom stereocenters. The molecule has 0 bridgehead atoms. The summed E-state index contributed by atoms with van der Waals surface area (Å²) in [7, 11) is -3.82. The minimum Gasteiger partial charge on any atom is -0.366 e. The second-order valence-corrected chi connectivity index (χ2v) is 6.95. The number of anilines is 1. The van der Waals surface area contributed by atoms with Crippen molar-refractivity contribution < 1.29 is 13.2 Å². The van der Waals surface area contributed by atoms with Crippen molar-refractivity contribution in [2.45, 2.75) is 11.8 Å². The number of sulfonamides is 1. The number of aryl methyl sites for hydroxylation is 1. The summed E-state index contributed by atoms with van der Waals surface area (Å²) >= 11 is 3.23. The van der Waals surface area contributed by atoms with Gasteiger partial charge in [-0.2, -0.15) is 0 Å². The predicted octanol–water partition coefficient (Wildman–Crippen LogP) is 2.66. The van der Waals surface area contributed by atoms with Gasteiger partial charge in [0.05, 0.1) is 11.3 Å². The summed E-state index contributed by atoms with van der Waals surface area (Å²) in [6.07, 6.45) is 0. The topological polar surface area (TPSA) is 89.3 Å². The fourth-order valence-electron chi connectivity index (χ4n) is 1.81. The average molecular weight is 369 g/mol. The SMILES string of the molecule is Cc1ccc(S(=O)(=O)Nc2ccccc2C(N)=O)c(Br)c1. The van der Waals surface area contributed by atoms with Crippen molar-refractivity contribution in [3.05, 3.63) is 58.1 Å². The van der Waals surface area contributed by atoms with Crippen LogP contribution in [-0.4, -0.2) is 14.3 Å². The van der Waals surface area contributed by atoms with E-state index in [0.29, 0.717) is 4.47 Å². The lowest BCUT2D eigenvalue weighted by Gasteiger charge is -2.12. The van der Waals surface area contributed by atoms with Crippen molar-refractivity contribution >= 4 is 37.5 Å². The van der Waals surface area contributed by atoms with Crippen LogP contribution in [0.4, 0.5) is 5.69 Å². The number of carbonyl (C=O) groups excluding carboxylic acids is 1. The van der Waals surface area contributed by atoms with Crippen LogP contribution in [0.1, 0.15) is 15.9 Å². The van der Waals surface area contributed by atoms with Crippen LogP contribution in [0.5, 0.6) is 0 Å². The Morgan fingerprint density at radius 3 is 2.48 bits per heavy atom. The number of nitrogens with one attached hydrogen (secondary N) is 1. The third-order valence-corrected chi connectivity index (χ3v) is 5.16. The van der Waals surface area contributed by atoms with Gasteiger partial charge in [-0.3, -0.25) is 9.52 Å². The summed E-state index contributed by atoms with van der Waals surface area (Å²) < 4.78 is 27.7. The Kier molecular flexibility index (Phi) is 4.34. The molecule has 0 aliphatic heterocycles. The minimum atomic E-state index is -3.82. The van der Waals surface area contributed by atoms with Gasteiger partial charge in [-0.15, -0.1) is 0 Å². The number of para-hydroxylation sites is 1. The second-order valence-electron chi connectivity index (χ2n) is 4.45. The van der Waals surface area contributed by atoms with Gasteiger partial charge >= 0.3 is 0 Å². The van der Waals surface area contributed by atoms with E-state index in [9.17, 15) is 13.2 Å². The lowest BCUT2D eigenvalue weighted by molar-refractivity contribution is 0.100. The third kappa shape index (κ3) is 3.43. The van der Waals surface area contributed by atoms with Crippen LogP contribution in [0.2, 0.25) is 0 Å². The van der Waals surface area contributed by atoms with Gasteiger partial charge in [0.1, 0.15) is 4.90 Å². The second kappa shape index (κ2) is 5.87. The number of hydrogen-bond donors (Lipinski definition) is 2. The zero-order valence-corrected chi connectivity index (χ0v) is 13.5. The zero-order chi connectivity index (χ0) is 15.6. The van der Waals surface area contributed by atoms with Crippen molar-refractivity contribution in [3.8, 4) is 0 Å². The van der Waals surface area contributed by atoms with E-state index in [1.54, 1.807) is 24.3 Å². The normalized spacial score (nSPS) is 11.1. The summed E-state index contributed by atoms with van der Waals surface area (Å²) in [4.78, 5) is 11.4. The molecule has 0 radical (unpaired) electrons. The molecule has 2 aromatic carbocycles. The van der Waals surface area contributed by atoms with E-state index < -0.39 is 15.9 Å². The Balaban J connectivity index is 2.45. The highest BCUT2D eigenvalue weighted by Crippen LogP contribution is 2.26. The Labute approximate surface area is 131 Å². The molecule has 0 fully saturated rings. The van der Waals surface area contributed by atoms with Crippen molar-refractivity contribution in [3.63, 3.8) is 0 Å². The fourth-order valence-corrected chi connectivity index (χ4v) is 4.08. The average Bonchev–Trinajstić information content (AvgIpc) is 2.37. The highest BCUT2D eigenvalue weighted by atomic mass is 79.9. The summed E-state index contributed by atoms with van der Waals surface area (Å²) in [5.74, 6) is -0.698. The molecule has 2 aromatic rings. The predicted molar refractivity (Wildman–Crippen MR) is 84.6 cm³/mol. The summed E-state index contributed by atoms with van der Waals surface area (Å²) in [6.45, 7) is 1.86. The lowest BCUT2D eigenvalue weighted by Crippen LogP contribution is -2.18. The van der Waals surface area contributed by atoms with E-state index in [0.717, 1.165) is 5.56 Å². The quantitative estimate of drug-likeness (QED) is 0.868. The molecule has 2 rings (SSSR count). The monoisotopic (exact) mass is 368 g/mol. The molecule has 0 saturated carbocycles. The Morgan fingerprint density at radius 2 is 1.86 bits per heavy atom.